The van der Waals surface area contributed by atoms with Gasteiger partial charge in [0.1, 0.15) is 9.75 Å². The number of hydrogen-bond donors (Lipinski definition) is 0. The SMILES string of the molecule is O=C(CCN1C(=O)[C@H]2[C@H](C1=O)C1(Cl)c3ccccc3C2(Cl)c2ccccc21)OCC(=O)c1cccc([N+](=O)[O-])c1. The van der Waals surface area contributed by atoms with Gasteiger partial charge in [0.25, 0.3) is 5.69 Å². The van der Waals surface area contributed by atoms with E-state index < -0.39 is 56.7 Å². The molecule has 1 aliphatic heterocycles. The second kappa shape index (κ2) is 9.25. The Hall–Kier alpha value is -4.08. The van der Waals surface area contributed by atoms with Gasteiger partial charge in [-0.3, -0.25) is 34.2 Å². The number of nitrogens with zero attached hydrogens (tertiary/aromatic N) is 2. The lowest BCUT2D eigenvalue weighted by Gasteiger charge is -2.54. The Balaban J connectivity index is 1.21. The third-order valence-electron chi connectivity index (χ3n) is 7.96. The fraction of sp³-hybridized carbons (Fsp3) is 0.241. The highest BCUT2D eigenvalue weighted by Gasteiger charge is 2.72. The number of rotatable bonds is 7. The number of carbonyl (C=O) groups is 4. The van der Waals surface area contributed by atoms with Crippen molar-refractivity contribution in [2.75, 3.05) is 13.2 Å². The number of halogens is 2. The standard InChI is InChI=1S/C29H20Cl2N2O7/c30-28-18-8-1-2-9-19(18)29(31,21-11-4-3-10-20(21)28)25-24(28)26(36)32(27(25)37)13-12-23(35)40-15-22(34)16-6-5-7-17(14-16)33(38)39/h1-11,14,24-25H,12-13,15H2/t24-,25-,28?,29?/m1/s1. The fourth-order valence-electron chi connectivity index (χ4n) is 6.24. The van der Waals surface area contributed by atoms with Gasteiger partial charge < -0.3 is 4.74 Å². The van der Waals surface area contributed by atoms with Crippen LogP contribution >= 0.6 is 23.2 Å². The van der Waals surface area contributed by atoms with Gasteiger partial charge in [-0.15, -0.1) is 23.2 Å². The van der Waals surface area contributed by atoms with Crippen LogP contribution in [0, 0.1) is 22.0 Å². The van der Waals surface area contributed by atoms with Crippen LogP contribution in [0.4, 0.5) is 5.69 Å². The lowest BCUT2D eigenvalue weighted by molar-refractivity contribution is -0.384. The molecule has 2 amide bonds. The van der Waals surface area contributed by atoms with Crippen molar-refractivity contribution in [1.29, 1.82) is 0 Å². The van der Waals surface area contributed by atoms with Crippen LogP contribution in [-0.4, -0.2) is 46.5 Å². The van der Waals surface area contributed by atoms with Crippen molar-refractivity contribution in [2.24, 2.45) is 11.8 Å². The predicted octanol–water partition coefficient (Wildman–Crippen LogP) is 4.30. The molecule has 3 aromatic rings. The van der Waals surface area contributed by atoms with Crippen molar-refractivity contribution >= 4 is 52.5 Å². The zero-order valence-corrected chi connectivity index (χ0v) is 22.2. The molecule has 3 aromatic carbocycles. The molecule has 0 unspecified atom stereocenters. The zero-order chi connectivity index (χ0) is 28.4. The first kappa shape index (κ1) is 26.2. The smallest absolute Gasteiger partial charge is 0.308 e. The topological polar surface area (TPSA) is 124 Å². The normalized spacial score (nSPS) is 25.7. The monoisotopic (exact) mass is 578 g/mol. The molecule has 2 bridgehead atoms. The molecule has 9 nitrogen and oxygen atoms in total. The average Bonchev–Trinajstić information content (AvgIpc) is 3.23. The van der Waals surface area contributed by atoms with E-state index in [0.29, 0.717) is 22.3 Å². The number of ether oxygens (including phenoxy) is 1. The Bertz CT molecular complexity index is 1520. The van der Waals surface area contributed by atoms with Crippen LogP contribution in [0.1, 0.15) is 39.0 Å². The number of nitro groups is 1. The van der Waals surface area contributed by atoms with Crippen LogP contribution in [0.3, 0.4) is 0 Å². The molecule has 1 heterocycles. The highest BCUT2D eigenvalue weighted by molar-refractivity contribution is 6.36. The van der Waals surface area contributed by atoms with Crippen molar-refractivity contribution in [3.05, 3.63) is 111 Å². The second-order valence-electron chi connectivity index (χ2n) is 9.94. The first-order chi connectivity index (χ1) is 19.1. The van der Waals surface area contributed by atoms with Crippen molar-refractivity contribution in [1.82, 2.24) is 4.90 Å². The third-order valence-corrected chi connectivity index (χ3v) is 9.24. The van der Waals surface area contributed by atoms with E-state index in [4.69, 9.17) is 27.9 Å². The van der Waals surface area contributed by atoms with Crippen LogP contribution in [0.2, 0.25) is 0 Å². The minimum absolute atomic E-state index is 0.0189. The molecule has 1 saturated heterocycles. The van der Waals surface area contributed by atoms with Crippen LogP contribution in [-0.2, 0) is 28.9 Å². The number of carbonyl (C=O) groups excluding carboxylic acids is 4. The number of Topliss-reactive ketones (excluding diaryl/α,β-unsaturated/α-hetero) is 1. The summed E-state index contributed by atoms with van der Waals surface area (Å²) >= 11 is 14.7. The Labute approximate surface area is 237 Å². The maximum absolute atomic E-state index is 13.8. The van der Waals surface area contributed by atoms with Gasteiger partial charge in [0.2, 0.25) is 17.6 Å². The second-order valence-corrected chi connectivity index (χ2v) is 11.1. The number of esters is 1. The van der Waals surface area contributed by atoms with Crippen LogP contribution < -0.4 is 0 Å². The summed E-state index contributed by atoms with van der Waals surface area (Å²) in [5, 5.41) is 10.9. The summed E-state index contributed by atoms with van der Waals surface area (Å²) in [4.78, 5) is 61.1. The van der Waals surface area contributed by atoms with Gasteiger partial charge in [0.15, 0.2) is 6.61 Å². The molecule has 7 rings (SSSR count). The van der Waals surface area contributed by atoms with Crippen molar-refractivity contribution in [2.45, 2.75) is 16.2 Å². The van der Waals surface area contributed by atoms with E-state index in [0.717, 1.165) is 11.0 Å². The molecule has 0 saturated carbocycles. The third kappa shape index (κ3) is 3.54. The number of alkyl halides is 2. The number of likely N-dealkylation sites (tertiary alicyclic amines) is 1. The molecular formula is C29H20Cl2N2O7. The van der Waals surface area contributed by atoms with Gasteiger partial charge in [0, 0.05) is 24.2 Å². The minimum atomic E-state index is -1.32. The first-order valence-electron chi connectivity index (χ1n) is 12.5. The molecule has 0 aromatic heterocycles. The van der Waals surface area contributed by atoms with Gasteiger partial charge in [-0.2, -0.15) is 0 Å². The van der Waals surface area contributed by atoms with Crippen LogP contribution in [0.25, 0.3) is 0 Å². The van der Waals surface area contributed by atoms with Gasteiger partial charge >= 0.3 is 5.97 Å². The Kier molecular flexibility index (Phi) is 6.05. The van der Waals surface area contributed by atoms with E-state index >= 15 is 0 Å². The molecule has 2 atom stereocenters. The molecular weight excluding hydrogens is 559 g/mol. The molecule has 4 aliphatic rings. The zero-order valence-electron chi connectivity index (χ0n) is 20.7. The fourth-order valence-corrected chi connectivity index (χ4v) is 7.34. The molecule has 40 heavy (non-hydrogen) atoms. The van der Waals surface area contributed by atoms with E-state index in [9.17, 15) is 29.3 Å². The van der Waals surface area contributed by atoms with Crippen molar-refractivity contribution in [3.63, 3.8) is 0 Å². The van der Waals surface area contributed by atoms with Gasteiger partial charge in [-0.25, -0.2) is 0 Å². The Morgan fingerprint density at radius 3 is 1.82 bits per heavy atom. The highest BCUT2D eigenvalue weighted by atomic mass is 35.5. The van der Waals surface area contributed by atoms with E-state index in [1.807, 2.05) is 48.5 Å². The number of amides is 2. The predicted molar refractivity (Wildman–Crippen MR) is 143 cm³/mol. The van der Waals surface area contributed by atoms with Crippen LogP contribution in [0.15, 0.2) is 72.8 Å². The number of hydrogen-bond acceptors (Lipinski definition) is 7. The molecule has 202 valence electrons. The number of ketones is 1. The van der Waals surface area contributed by atoms with Gasteiger partial charge in [-0.05, 0) is 22.3 Å². The maximum Gasteiger partial charge on any atom is 0.308 e. The van der Waals surface area contributed by atoms with E-state index in [2.05, 4.69) is 0 Å². The summed E-state index contributed by atoms with van der Waals surface area (Å²) in [5.41, 5.74) is 2.45. The highest BCUT2D eigenvalue weighted by Crippen LogP contribution is 2.69. The molecule has 0 radical (unpaired) electrons. The lowest BCUT2D eigenvalue weighted by atomic mass is 9.54. The number of imide groups is 1. The largest absolute Gasteiger partial charge is 0.457 e. The Morgan fingerprint density at radius 2 is 1.35 bits per heavy atom. The van der Waals surface area contributed by atoms with Gasteiger partial charge in [-0.1, -0.05) is 60.7 Å². The van der Waals surface area contributed by atoms with Gasteiger partial charge in [0.05, 0.1) is 23.2 Å². The van der Waals surface area contributed by atoms with Crippen molar-refractivity contribution in [3.8, 4) is 0 Å². The summed E-state index contributed by atoms with van der Waals surface area (Å²) in [7, 11) is 0. The number of non-ortho nitro benzene ring substituents is 1. The molecule has 0 spiro atoms. The molecule has 3 aliphatic carbocycles. The number of benzene rings is 3. The van der Waals surface area contributed by atoms with E-state index in [-0.39, 0.29) is 24.2 Å². The Morgan fingerprint density at radius 1 is 0.850 bits per heavy atom. The summed E-state index contributed by atoms with van der Waals surface area (Å²) in [6.45, 7) is -0.922. The average molecular weight is 579 g/mol. The minimum Gasteiger partial charge on any atom is -0.457 e. The van der Waals surface area contributed by atoms with Crippen molar-refractivity contribution < 1.29 is 28.8 Å². The maximum atomic E-state index is 13.8. The molecule has 0 N–H and O–H groups in total. The first-order valence-corrected chi connectivity index (χ1v) is 13.2. The lowest BCUT2D eigenvalue weighted by Crippen LogP contribution is -2.57. The number of nitro benzene ring substituents is 1. The molecule has 1 fully saturated rings. The van der Waals surface area contributed by atoms with E-state index in [1.54, 1.807) is 0 Å². The van der Waals surface area contributed by atoms with E-state index in [1.165, 1.54) is 18.2 Å². The summed E-state index contributed by atoms with van der Waals surface area (Å²) in [6.07, 6.45) is -0.358. The molecule has 11 heteroatoms. The summed E-state index contributed by atoms with van der Waals surface area (Å²) < 4.78 is 5.04. The quantitative estimate of drug-likeness (QED) is 0.102. The summed E-state index contributed by atoms with van der Waals surface area (Å²) in [6, 6.07) is 19.6. The van der Waals surface area contributed by atoms with Crippen LogP contribution in [0.5, 0.6) is 0 Å². The summed E-state index contributed by atoms with van der Waals surface area (Å²) in [5.74, 6) is -4.45.